The van der Waals surface area contributed by atoms with Crippen LogP contribution >= 0.6 is 0 Å². The summed E-state index contributed by atoms with van der Waals surface area (Å²) in [6.07, 6.45) is 11.3. The molecular formula is C13H20. The summed E-state index contributed by atoms with van der Waals surface area (Å²) in [6.45, 7) is 8.30. The molecule has 0 nitrogen and oxygen atoms in total. The Hall–Kier alpha value is -0.780. The zero-order chi connectivity index (χ0) is 9.68. The maximum Gasteiger partial charge on any atom is -0.0253 e. The van der Waals surface area contributed by atoms with Crippen LogP contribution in [0.5, 0.6) is 0 Å². The minimum absolute atomic E-state index is 0.861. The van der Waals surface area contributed by atoms with Crippen molar-refractivity contribution in [2.24, 2.45) is 5.92 Å². The number of hydrogen-bond donors (Lipinski definition) is 0. The molecule has 0 amide bonds. The van der Waals surface area contributed by atoms with Gasteiger partial charge in [0.15, 0.2) is 0 Å². The Morgan fingerprint density at radius 3 is 2.92 bits per heavy atom. The molecule has 1 aliphatic rings. The minimum atomic E-state index is 0.861. The normalized spacial score (nSPS) is 24.0. The molecule has 72 valence electrons. The monoisotopic (exact) mass is 176 g/mol. The third-order valence-corrected chi connectivity index (χ3v) is 2.82. The summed E-state index contributed by atoms with van der Waals surface area (Å²) in [6, 6.07) is 0. The van der Waals surface area contributed by atoms with Crippen molar-refractivity contribution in [1.82, 2.24) is 0 Å². The Bertz CT molecular complexity index is 230. The van der Waals surface area contributed by atoms with E-state index in [1.165, 1.54) is 25.7 Å². The fourth-order valence-corrected chi connectivity index (χ4v) is 1.98. The van der Waals surface area contributed by atoms with Gasteiger partial charge in [-0.25, -0.2) is 0 Å². The van der Waals surface area contributed by atoms with Crippen LogP contribution in [0.25, 0.3) is 0 Å². The van der Waals surface area contributed by atoms with Crippen LogP contribution in [-0.4, -0.2) is 0 Å². The van der Waals surface area contributed by atoms with E-state index < -0.39 is 0 Å². The van der Waals surface area contributed by atoms with Gasteiger partial charge < -0.3 is 0 Å². The minimum Gasteiger partial charge on any atom is -0.0991 e. The number of hydrogen-bond acceptors (Lipinski definition) is 0. The van der Waals surface area contributed by atoms with Crippen molar-refractivity contribution in [3.8, 4) is 0 Å². The van der Waals surface area contributed by atoms with Gasteiger partial charge in [-0.05, 0) is 37.2 Å². The Morgan fingerprint density at radius 1 is 1.54 bits per heavy atom. The SMILES string of the molecule is C=CC=CC1=C(CC)CCC(C)C1. The first-order valence-electron chi connectivity index (χ1n) is 5.28. The average Bonchev–Trinajstić information content (AvgIpc) is 2.15. The van der Waals surface area contributed by atoms with Gasteiger partial charge in [-0.3, -0.25) is 0 Å². The Labute approximate surface area is 82.0 Å². The summed E-state index contributed by atoms with van der Waals surface area (Å²) in [5.41, 5.74) is 3.21. The van der Waals surface area contributed by atoms with Gasteiger partial charge >= 0.3 is 0 Å². The van der Waals surface area contributed by atoms with E-state index in [1.807, 2.05) is 6.08 Å². The van der Waals surface area contributed by atoms with Crippen molar-refractivity contribution in [3.63, 3.8) is 0 Å². The molecule has 13 heavy (non-hydrogen) atoms. The zero-order valence-corrected chi connectivity index (χ0v) is 8.84. The van der Waals surface area contributed by atoms with Crippen LogP contribution in [0, 0.1) is 5.92 Å². The summed E-state index contributed by atoms with van der Waals surface area (Å²) in [5.74, 6) is 0.861. The van der Waals surface area contributed by atoms with Gasteiger partial charge in [-0.2, -0.15) is 0 Å². The van der Waals surface area contributed by atoms with E-state index in [9.17, 15) is 0 Å². The van der Waals surface area contributed by atoms with Crippen molar-refractivity contribution < 1.29 is 0 Å². The second kappa shape index (κ2) is 5.06. The Morgan fingerprint density at radius 2 is 2.31 bits per heavy atom. The zero-order valence-electron chi connectivity index (χ0n) is 8.84. The largest absolute Gasteiger partial charge is 0.0991 e. The Kier molecular flexibility index (Phi) is 4.01. The van der Waals surface area contributed by atoms with Crippen LogP contribution in [0.15, 0.2) is 36.0 Å². The van der Waals surface area contributed by atoms with Gasteiger partial charge in [0, 0.05) is 0 Å². The highest BCUT2D eigenvalue weighted by molar-refractivity contribution is 5.29. The molecule has 0 fully saturated rings. The van der Waals surface area contributed by atoms with E-state index in [2.05, 4.69) is 32.6 Å². The molecule has 1 aliphatic carbocycles. The smallest absolute Gasteiger partial charge is 0.0253 e. The van der Waals surface area contributed by atoms with Crippen molar-refractivity contribution in [1.29, 1.82) is 0 Å². The van der Waals surface area contributed by atoms with E-state index in [1.54, 1.807) is 11.1 Å². The topological polar surface area (TPSA) is 0 Å². The van der Waals surface area contributed by atoms with Gasteiger partial charge in [0.25, 0.3) is 0 Å². The molecule has 1 atom stereocenters. The van der Waals surface area contributed by atoms with Gasteiger partial charge in [0.05, 0.1) is 0 Å². The molecule has 0 bridgehead atoms. The first kappa shape index (κ1) is 10.3. The van der Waals surface area contributed by atoms with Crippen LogP contribution in [0.3, 0.4) is 0 Å². The molecule has 0 heterocycles. The standard InChI is InChI=1S/C13H20/c1-4-6-7-13-10-11(3)8-9-12(13)5-2/h4,6-7,11H,1,5,8-10H2,2-3H3. The third-order valence-electron chi connectivity index (χ3n) is 2.82. The van der Waals surface area contributed by atoms with E-state index in [0.717, 1.165) is 5.92 Å². The van der Waals surface area contributed by atoms with E-state index in [0.29, 0.717) is 0 Å². The predicted molar refractivity (Wildman–Crippen MR) is 59.7 cm³/mol. The molecule has 0 aromatic carbocycles. The summed E-state index contributed by atoms with van der Waals surface area (Å²) in [5, 5.41) is 0. The summed E-state index contributed by atoms with van der Waals surface area (Å²) < 4.78 is 0. The van der Waals surface area contributed by atoms with Crippen molar-refractivity contribution >= 4 is 0 Å². The fourth-order valence-electron chi connectivity index (χ4n) is 1.98. The average molecular weight is 176 g/mol. The fraction of sp³-hybridized carbons (Fsp3) is 0.538. The molecule has 0 spiro atoms. The van der Waals surface area contributed by atoms with E-state index in [4.69, 9.17) is 0 Å². The molecule has 0 heteroatoms. The lowest BCUT2D eigenvalue weighted by Crippen LogP contribution is -2.06. The van der Waals surface area contributed by atoms with Gasteiger partial charge in [0.2, 0.25) is 0 Å². The van der Waals surface area contributed by atoms with Crippen LogP contribution < -0.4 is 0 Å². The second-order valence-electron chi connectivity index (χ2n) is 3.93. The lowest BCUT2D eigenvalue weighted by molar-refractivity contribution is 0.496. The van der Waals surface area contributed by atoms with Crippen LogP contribution in [0.4, 0.5) is 0 Å². The lowest BCUT2D eigenvalue weighted by Gasteiger charge is -2.22. The van der Waals surface area contributed by atoms with Crippen molar-refractivity contribution in [2.45, 2.75) is 39.5 Å². The third kappa shape index (κ3) is 2.87. The molecule has 0 aromatic rings. The van der Waals surface area contributed by atoms with Crippen molar-refractivity contribution in [3.05, 3.63) is 36.0 Å². The van der Waals surface area contributed by atoms with Crippen molar-refractivity contribution in [2.75, 3.05) is 0 Å². The summed E-state index contributed by atoms with van der Waals surface area (Å²) in [7, 11) is 0. The van der Waals surface area contributed by atoms with E-state index >= 15 is 0 Å². The summed E-state index contributed by atoms with van der Waals surface area (Å²) >= 11 is 0. The quantitative estimate of drug-likeness (QED) is 0.564. The molecule has 0 aliphatic heterocycles. The first-order valence-corrected chi connectivity index (χ1v) is 5.28. The van der Waals surface area contributed by atoms with Crippen LogP contribution in [0.1, 0.15) is 39.5 Å². The summed E-state index contributed by atoms with van der Waals surface area (Å²) in [4.78, 5) is 0. The highest BCUT2D eigenvalue weighted by Gasteiger charge is 2.14. The highest BCUT2D eigenvalue weighted by Crippen LogP contribution is 2.31. The maximum absolute atomic E-state index is 3.71. The second-order valence-corrected chi connectivity index (χ2v) is 3.93. The van der Waals surface area contributed by atoms with Crippen LogP contribution in [0.2, 0.25) is 0 Å². The lowest BCUT2D eigenvalue weighted by atomic mass is 9.84. The molecule has 0 N–H and O–H groups in total. The maximum atomic E-state index is 3.71. The predicted octanol–water partition coefficient (Wildman–Crippen LogP) is 4.26. The number of rotatable bonds is 3. The molecule has 1 unspecified atom stereocenters. The molecule has 0 radical (unpaired) electrons. The van der Waals surface area contributed by atoms with Gasteiger partial charge in [0.1, 0.15) is 0 Å². The van der Waals surface area contributed by atoms with Crippen LogP contribution in [-0.2, 0) is 0 Å². The highest BCUT2D eigenvalue weighted by atomic mass is 14.2. The molecule has 0 saturated carbocycles. The molecule has 1 rings (SSSR count). The number of allylic oxidation sites excluding steroid dienone is 5. The van der Waals surface area contributed by atoms with Gasteiger partial charge in [-0.15, -0.1) is 0 Å². The molecule has 0 saturated heterocycles. The van der Waals surface area contributed by atoms with Gasteiger partial charge in [-0.1, -0.05) is 44.2 Å². The molecular weight excluding hydrogens is 156 g/mol. The molecule has 0 aromatic heterocycles. The Balaban J connectivity index is 2.77. The first-order chi connectivity index (χ1) is 6.27. The van der Waals surface area contributed by atoms with E-state index in [-0.39, 0.29) is 0 Å².